The van der Waals surface area contributed by atoms with Crippen molar-refractivity contribution in [3.8, 4) is 0 Å². The maximum absolute atomic E-state index is 11.7. The van der Waals surface area contributed by atoms with E-state index in [2.05, 4.69) is 5.32 Å². The topological polar surface area (TPSA) is 52.7 Å². The standard InChI is InChI=1S/C9H17N3O2/c1-7(13)12-5-4-10-6-8(12)9(14)11(2)3/h8,10H,4-6H2,1-3H3/t8-/m1/s1. The van der Waals surface area contributed by atoms with Crippen molar-refractivity contribution in [2.45, 2.75) is 13.0 Å². The number of hydrogen-bond donors (Lipinski definition) is 1. The first-order valence-corrected chi connectivity index (χ1v) is 4.73. The van der Waals surface area contributed by atoms with Crippen LogP contribution in [-0.4, -0.2) is 61.4 Å². The summed E-state index contributed by atoms with van der Waals surface area (Å²) >= 11 is 0. The molecule has 2 amide bonds. The number of hydrogen-bond acceptors (Lipinski definition) is 3. The molecule has 1 rings (SSSR count). The maximum atomic E-state index is 11.7. The van der Waals surface area contributed by atoms with Gasteiger partial charge in [-0.3, -0.25) is 9.59 Å². The van der Waals surface area contributed by atoms with Crippen LogP contribution in [0.1, 0.15) is 6.92 Å². The number of nitrogens with zero attached hydrogens (tertiary/aromatic N) is 2. The predicted octanol–water partition coefficient (Wildman–Crippen LogP) is -1.11. The van der Waals surface area contributed by atoms with Gasteiger partial charge in [0, 0.05) is 40.7 Å². The lowest BCUT2D eigenvalue weighted by Gasteiger charge is -2.35. The molecule has 0 aromatic heterocycles. The van der Waals surface area contributed by atoms with Crippen LogP contribution in [0.25, 0.3) is 0 Å². The Morgan fingerprint density at radius 1 is 1.43 bits per heavy atom. The molecule has 0 spiro atoms. The van der Waals surface area contributed by atoms with Crippen molar-refractivity contribution < 1.29 is 9.59 Å². The third-order valence-corrected chi connectivity index (χ3v) is 2.37. The first-order valence-electron chi connectivity index (χ1n) is 4.73. The summed E-state index contributed by atoms with van der Waals surface area (Å²) in [6, 6.07) is -0.337. The molecule has 80 valence electrons. The first kappa shape index (κ1) is 11.0. The Morgan fingerprint density at radius 3 is 2.57 bits per heavy atom. The number of carbonyl (C=O) groups excluding carboxylic acids is 2. The molecule has 5 heteroatoms. The normalized spacial score (nSPS) is 21.9. The predicted molar refractivity (Wildman–Crippen MR) is 52.7 cm³/mol. The molecular formula is C9H17N3O2. The van der Waals surface area contributed by atoms with E-state index >= 15 is 0 Å². The van der Waals surface area contributed by atoms with Gasteiger partial charge in [0.15, 0.2) is 0 Å². The molecule has 0 radical (unpaired) electrons. The Bertz CT molecular complexity index is 240. The van der Waals surface area contributed by atoms with Crippen LogP contribution in [-0.2, 0) is 9.59 Å². The lowest BCUT2D eigenvalue weighted by atomic mass is 10.1. The van der Waals surface area contributed by atoms with Gasteiger partial charge in [-0.05, 0) is 0 Å². The van der Waals surface area contributed by atoms with Crippen LogP contribution < -0.4 is 5.32 Å². The van der Waals surface area contributed by atoms with Gasteiger partial charge in [-0.15, -0.1) is 0 Å². The Kier molecular flexibility index (Phi) is 3.46. The molecule has 1 atom stereocenters. The largest absolute Gasteiger partial charge is 0.347 e. The van der Waals surface area contributed by atoms with Crippen molar-refractivity contribution in [3.05, 3.63) is 0 Å². The molecule has 0 saturated carbocycles. The minimum absolute atomic E-state index is 0.0209. The van der Waals surface area contributed by atoms with E-state index in [4.69, 9.17) is 0 Å². The Morgan fingerprint density at radius 2 is 2.07 bits per heavy atom. The van der Waals surface area contributed by atoms with Crippen LogP contribution in [0.3, 0.4) is 0 Å². The molecule has 1 N–H and O–H groups in total. The number of likely N-dealkylation sites (N-methyl/N-ethyl adjacent to an activating group) is 1. The summed E-state index contributed by atoms with van der Waals surface area (Å²) < 4.78 is 0. The maximum Gasteiger partial charge on any atom is 0.246 e. The Balaban J connectivity index is 2.72. The molecule has 0 bridgehead atoms. The van der Waals surface area contributed by atoms with Crippen LogP contribution in [0.5, 0.6) is 0 Å². The molecule has 0 aliphatic carbocycles. The second kappa shape index (κ2) is 4.41. The van der Waals surface area contributed by atoms with E-state index in [0.29, 0.717) is 13.1 Å². The molecule has 1 aliphatic heterocycles. The molecule has 1 fully saturated rings. The van der Waals surface area contributed by atoms with E-state index in [1.165, 1.54) is 11.8 Å². The summed E-state index contributed by atoms with van der Waals surface area (Å²) in [6.07, 6.45) is 0. The monoisotopic (exact) mass is 199 g/mol. The van der Waals surface area contributed by atoms with Crippen molar-refractivity contribution in [1.29, 1.82) is 0 Å². The highest BCUT2D eigenvalue weighted by Crippen LogP contribution is 2.05. The fourth-order valence-electron chi connectivity index (χ4n) is 1.60. The quantitative estimate of drug-likeness (QED) is 0.583. The molecule has 5 nitrogen and oxygen atoms in total. The van der Waals surface area contributed by atoms with Gasteiger partial charge in [0.1, 0.15) is 6.04 Å². The van der Waals surface area contributed by atoms with Crippen molar-refractivity contribution in [2.24, 2.45) is 0 Å². The smallest absolute Gasteiger partial charge is 0.246 e. The molecule has 1 saturated heterocycles. The second-order valence-electron chi connectivity index (χ2n) is 3.66. The van der Waals surface area contributed by atoms with E-state index in [-0.39, 0.29) is 17.9 Å². The molecule has 14 heavy (non-hydrogen) atoms. The van der Waals surface area contributed by atoms with E-state index in [1.54, 1.807) is 19.0 Å². The molecule has 1 heterocycles. The minimum Gasteiger partial charge on any atom is -0.347 e. The number of piperazine rings is 1. The fraction of sp³-hybridized carbons (Fsp3) is 0.778. The van der Waals surface area contributed by atoms with Crippen molar-refractivity contribution >= 4 is 11.8 Å². The van der Waals surface area contributed by atoms with Crippen LogP contribution in [0.15, 0.2) is 0 Å². The summed E-state index contributed by atoms with van der Waals surface area (Å²) in [6.45, 7) is 3.42. The van der Waals surface area contributed by atoms with Gasteiger partial charge in [-0.25, -0.2) is 0 Å². The number of nitrogens with one attached hydrogen (secondary N) is 1. The third kappa shape index (κ3) is 2.23. The van der Waals surface area contributed by atoms with E-state index in [1.807, 2.05) is 0 Å². The summed E-state index contributed by atoms with van der Waals surface area (Å²) in [7, 11) is 3.41. The minimum atomic E-state index is -0.337. The van der Waals surface area contributed by atoms with E-state index in [0.717, 1.165) is 6.54 Å². The molecule has 1 aliphatic rings. The van der Waals surface area contributed by atoms with Crippen LogP contribution in [0.4, 0.5) is 0 Å². The van der Waals surface area contributed by atoms with Crippen LogP contribution >= 0.6 is 0 Å². The summed E-state index contributed by atoms with van der Waals surface area (Å²) in [4.78, 5) is 26.1. The van der Waals surface area contributed by atoms with Gasteiger partial charge in [0.25, 0.3) is 0 Å². The molecule has 0 unspecified atom stereocenters. The highest BCUT2D eigenvalue weighted by atomic mass is 16.2. The van der Waals surface area contributed by atoms with E-state index < -0.39 is 0 Å². The Labute approximate surface area is 84.0 Å². The van der Waals surface area contributed by atoms with Crippen molar-refractivity contribution in [1.82, 2.24) is 15.1 Å². The highest BCUT2D eigenvalue weighted by molar-refractivity contribution is 5.87. The average Bonchev–Trinajstić information content (AvgIpc) is 2.16. The molecular weight excluding hydrogens is 182 g/mol. The lowest BCUT2D eigenvalue weighted by molar-refractivity contribution is -0.144. The van der Waals surface area contributed by atoms with Gasteiger partial charge in [-0.1, -0.05) is 0 Å². The molecule has 0 aromatic carbocycles. The summed E-state index contributed by atoms with van der Waals surface area (Å²) in [5.41, 5.74) is 0. The van der Waals surface area contributed by atoms with E-state index in [9.17, 15) is 9.59 Å². The SMILES string of the molecule is CC(=O)N1CCNC[C@@H]1C(=O)N(C)C. The highest BCUT2D eigenvalue weighted by Gasteiger charge is 2.30. The van der Waals surface area contributed by atoms with Gasteiger partial charge in [-0.2, -0.15) is 0 Å². The number of rotatable bonds is 1. The summed E-state index contributed by atoms with van der Waals surface area (Å²) in [5, 5.41) is 3.11. The van der Waals surface area contributed by atoms with Crippen molar-refractivity contribution in [2.75, 3.05) is 33.7 Å². The first-order chi connectivity index (χ1) is 6.54. The van der Waals surface area contributed by atoms with Gasteiger partial charge >= 0.3 is 0 Å². The average molecular weight is 199 g/mol. The van der Waals surface area contributed by atoms with Crippen LogP contribution in [0, 0.1) is 0 Å². The van der Waals surface area contributed by atoms with Gasteiger partial charge < -0.3 is 15.1 Å². The second-order valence-corrected chi connectivity index (χ2v) is 3.66. The lowest BCUT2D eigenvalue weighted by Crippen LogP contribution is -2.58. The Hall–Kier alpha value is -1.10. The van der Waals surface area contributed by atoms with Crippen molar-refractivity contribution in [3.63, 3.8) is 0 Å². The molecule has 0 aromatic rings. The fourth-order valence-corrected chi connectivity index (χ4v) is 1.60. The number of amides is 2. The van der Waals surface area contributed by atoms with Gasteiger partial charge in [0.05, 0.1) is 0 Å². The zero-order chi connectivity index (χ0) is 10.7. The van der Waals surface area contributed by atoms with Crippen LogP contribution in [0.2, 0.25) is 0 Å². The zero-order valence-corrected chi connectivity index (χ0v) is 8.91. The zero-order valence-electron chi connectivity index (χ0n) is 8.91. The summed E-state index contributed by atoms with van der Waals surface area (Å²) in [5.74, 6) is -0.0564. The van der Waals surface area contributed by atoms with Gasteiger partial charge in [0.2, 0.25) is 11.8 Å². The number of carbonyl (C=O) groups is 2. The third-order valence-electron chi connectivity index (χ3n) is 2.37.